The highest BCUT2D eigenvalue weighted by Crippen LogP contribution is 2.32. The van der Waals surface area contributed by atoms with Crippen LogP contribution in [-0.4, -0.2) is 18.6 Å². The minimum atomic E-state index is 0.126. The zero-order valence-electron chi connectivity index (χ0n) is 12.3. The number of halogens is 1. The van der Waals surface area contributed by atoms with E-state index < -0.39 is 0 Å². The number of nitrogens with one attached hydrogen (secondary N) is 1. The van der Waals surface area contributed by atoms with Crippen LogP contribution in [-0.2, 0) is 6.54 Å². The van der Waals surface area contributed by atoms with Gasteiger partial charge in [-0.2, -0.15) is 0 Å². The average Bonchev–Trinajstić information content (AvgIpc) is 2.36. The Balaban J connectivity index is 2.20. The maximum atomic E-state index is 6.44. The molecule has 1 aromatic rings. The summed E-state index contributed by atoms with van der Waals surface area (Å²) in [4.78, 5) is 2.45. The SMILES string of the molecule is CC(C)(C)NCc1cccc(Cl)c1N1CCCCC1. The smallest absolute Gasteiger partial charge is 0.0642 e. The lowest BCUT2D eigenvalue weighted by Crippen LogP contribution is -2.36. The predicted molar refractivity (Wildman–Crippen MR) is 84.1 cm³/mol. The van der Waals surface area contributed by atoms with Gasteiger partial charge in [0.25, 0.3) is 0 Å². The molecule has 1 aliphatic rings. The fraction of sp³-hybridized carbons (Fsp3) is 0.625. The number of piperidine rings is 1. The van der Waals surface area contributed by atoms with E-state index >= 15 is 0 Å². The monoisotopic (exact) mass is 280 g/mol. The molecule has 1 saturated heterocycles. The molecular weight excluding hydrogens is 256 g/mol. The number of nitrogens with zero attached hydrogens (tertiary/aromatic N) is 1. The van der Waals surface area contributed by atoms with E-state index in [2.05, 4.69) is 43.1 Å². The highest BCUT2D eigenvalue weighted by Gasteiger charge is 2.18. The third-order valence-electron chi connectivity index (χ3n) is 3.55. The number of benzene rings is 1. The van der Waals surface area contributed by atoms with E-state index in [-0.39, 0.29) is 5.54 Å². The van der Waals surface area contributed by atoms with Crippen molar-refractivity contribution >= 4 is 17.3 Å². The second kappa shape index (κ2) is 6.15. The summed E-state index contributed by atoms with van der Waals surface area (Å²) in [6.07, 6.45) is 3.89. The van der Waals surface area contributed by atoms with Gasteiger partial charge in [0.15, 0.2) is 0 Å². The first-order valence-corrected chi connectivity index (χ1v) is 7.62. The second-order valence-electron chi connectivity index (χ2n) is 6.40. The second-order valence-corrected chi connectivity index (χ2v) is 6.81. The molecule has 2 nitrogen and oxygen atoms in total. The minimum Gasteiger partial charge on any atom is -0.370 e. The maximum absolute atomic E-state index is 6.44. The summed E-state index contributed by atoms with van der Waals surface area (Å²) in [7, 11) is 0. The summed E-state index contributed by atoms with van der Waals surface area (Å²) in [5.74, 6) is 0. The highest BCUT2D eigenvalue weighted by atomic mass is 35.5. The lowest BCUT2D eigenvalue weighted by Gasteiger charge is -2.32. The van der Waals surface area contributed by atoms with E-state index in [0.717, 1.165) is 24.7 Å². The lowest BCUT2D eigenvalue weighted by molar-refractivity contribution is 0.424. The van der Waals surface area contributed by atoms with Crippen molar-refractivity contribution in [3.05, 3.63) is 28.8 Å². The van der Waals surface area contributed by atoms with Gasteiger partial charge < -0.3 is 10.2 Å². The molecule has 106 valence electrons. The maximum Gasteiger partial charge on any atom is 0.0642 e. The number of para-hydroxylation sites is 1. The van der Waals surface area contributed by atoms with Crippen LogP contribution in [0.2, 0.25) is 5.02 Å². The molecule has 0 atom stereocenters. The topological polar surface area (TPSA) is 15.3 Å². The van der Waals surface area contributed by atoms with Crippen LogP contribution in [0, 0.1) is 0 Å². The van der Waals surface area contributed by atoms with Crippen molar-refractivity contribution in [1.29, 1.82) is 0 Å². The Kier molecular flexibility index (Phi) is 4.75. The van der Waals surface area contributed by atoms with Gasteiger partial charge in [0.05, 0.1) is 10.7 Å². The number of hydrogen-bond donors (Lipinski definition) is 1. The van der Waals surface area contributed by atoms with Crippen LogP contribution in [0.3, 0.4) is 0 Å². The van der Waals surface area contributed by atoms with Crippen molar-refractivity contribution in [2.45, 2.75) is 52.1 Å². The van der Waals surface area contributed by atoms with E-state index in [4.69, 9.17) is 11.6 Å². The summed E-state index contributed by atoms with van der Waals surface area (Å²) in [6.45, 7) is 9.71. The standard InChI is InChI=1S/C16H25ClN2/c1-16(2,3)18-12-13-8-7-9-14(17)15(13)19-10-5-4-6-11-19/h7-9,18H,4-6,10-12H2,1-3H3. The zero-order chi connectivity index (χ0) is 13.9. The van der Waals surface area contributed by atoms with Crippen LogP contribution in [0.1, 0.15) is 45.6 Å². The molecule has 3 heteroatoms. The predicted octanol–water partition coefficient (Wildman–Crippen LogP) is 4.22. The molecule has 2 rings (SSSR count). The van der Waals surface area contributed by atoms with Gasteiger partial charge >= 0.3 is 0 Å². The van der Waals surface area contributed by atoms with Crippen molar-refractivity contribution in [3.63, 3.8) is 0 Å². The fourth-order valence-corrected chi connectivity index (χ4v) is 2.85. The van der Waals surface area contributed by atoms with E-state index in [1.54, 1.807) is 0 Å². The Morgan fingerprint density at radius 1 is 1.16 bits per heavy atom. The molecular formula is C16H25ClN2. The molecule has 0 spiro atoms. The van der Waals surface area contributed by atoms with Gasteiger partial charge in [-0.1, -0.05) is 23.7 Å². The Bertz CT molecular complexity index is 417. The van der Waals surface area contributed by atoms with Gasteiger partial charge in [0.2, 0.25) is 0 Å². The number of anilines is 1. The van der Waals surface area contributed by atoms with E-state index in [9.17, 15) is 0 Å². The Morgan fingerprint density at radius 3 is 2.47 bits per heavy atom. The van der Waals surface area contributed by atoms with Crippen LogP contribution in [0.25, 0.3) is 0 Å². The third kappa shape index (κ3) is 4.12. The van der Waals surface area contributed by atoms with Crippen molar-refractivity contribution in [2.75, 3.05) is 18.0 Å². The first-order valence-electron chi connectivity index (χ1n) is 7.25. The summed E-state index contributed by atoms with van der Waals surface area (Å²) in [5.41, 5.74) is 2.67. The molecule has 1 fully saturated rings. The van der Waals surface area contributed by atoms with Crippen molar-refractivity contribution in [2.24, 2.45) is 0 Å². The molecule has 1 N–H and O–H groups in total. The van der Waals surface area contributed by atoms with Gasteiger partial charge in [-0.3, -0.25) is 0 Å². The first kappa shape index (κ1) is 14.7. The Morgan fingerprint density at radius 2 is 1.84 bits per heavy atom. The molecule has 0 saturated carbocycles. The molecule has 19 heavy (non-hydrogen) atoms. The largest absolute Gasteiger partial charge is 0.370 e. The molecule has 0 aliphatic carbocycles. The minimum absolute atomic E-state index is 0.126. The average molecular weight is 281 g/mol. The number of rotatable bonds is 3. The van der Waals surface area contributed by atoms with E-state index in [0.29, 0.717) is 0 Å². The summed E-state index contributed by atoms with van der Waals surface area (Å²) in [5, 5.41) is 4.44. The molecule has 0 radical (unpaired) electrons. The normalized spacial score (nSPS) is 16.7. The Hall–Kier alpha value is -0.730. The highest BCUT2D eigenvalue weighted by molar-refractivity contribution is 6.33. The number of hydrogen-bond acceptors (Lipinski definition) is 2. The zero-order valence-corrected chi connectivity index (χ0v) is 13.1. The fourth-order valence-electron chi connectivity index (χ4n) is 2.53. The molecule has 1 aromatic carbocycles. The van der Waals surface area contributed by atoms with E-state index in [1.165, 1.54) is 30.5 Å². The van der Waals surface area contributed by atoms with Crippen LogP contribution >= 0.6 is 11.6 Å². The van der Waals surface area contributed by atoms with Gasteiger partial charge in [-0.05, 0) is 51.7 Å². The van der Waals surface area contributed by atoms with Crippen molar-refractivity contribution in [3.8, 4) is 0 Å². The quantitative estimate of drug-likeness (QED) is 0.892. The van der Waals surface area contributed by atoms with E-state index in [1.807, 2.05) is 6.07 Å². The molecule has 0 aromatic heterocycles. The lowest BCUT2D eigenvalue weighted by atomic mass is 10.0. The molecule has 0 bridgehead atoms. The molecule has 0 unspecified atom stereocenters. The summed E-state index contributed by atoms with van der Waals surface area (Å²) < 4.78 is 0. The van der Waals surface area contributed by atoms with Crippen LogP contribution in [0.15, 0.2) is 18.2 Å². The molecule has 1 heterocycles. The van der Waals surface area contributed by atoms with Crippen molar-refractivity contribution < 1.29 is 0 Å². The summed E-state index contributed by atoms with van der Waals surface area (Å²) in [6, 6.07) is 6.25. The molecule has 0 amide bonds. The molecule has 1 aliphatic heterocycles. The Labute approximate surface area is 122 Å². The van der Waals surface area contributed by atoms with Crippen molar-refractivity contribution in [1.82, 2.24) is 5.32 Å². The van der Waals surface area contributed by atoms with Gasteiger partial charge in [-0.15, -0.1) is 0 Å². The van der Waals surface area contributed by atoms with Crippen LogP contribution in [0.5, 0.6) is 0 Å². The summed E-state index contributed by atoms with van der Waals surface area (Å²) >= 11 is 6.44. The third-order valence-corrected chi connectivity index (χ3v) is 3.86. The first-order chi connectivity index (χ1) is 8.97. The van der Waals surface area contributed by atoms with Gasteiger partial charge in [0.1, 0.15) is 0 Å². The van der Waals surface area contributed by atoms with Gasteiger partial charge in [0, 0.05) is 25.2 Å². The van der Waals surface area contributed by atoms with Crippen LogP contribution < -0.4 is 10.2 Å². The van der Waals surface area contributed by atoms with Crippen LogP contribution in [0.4, 0.5) is 5.69 Å². The van der Waals surface area contributed by atoms with Gasteiger partial charge in [-0.25, -0.2) is 0 Å².